The lowest BCUT2D eigenvalue weighted by atomic mass is 9.89. The number of carbonyl (C=O) groups is 2. The zero-order valence-electron chi connectivity index (χ0n) is 17.9. The quantitative estimate of drug-likeness (QED) is 0.417. The van der Waals surface area contributed by atoms with Crippen LogP contribution in [0.2, 0.25) is 0 Å². The van der Waals surface area contributed by atoms with Gasteiger partial charge in [0.05, 0.1) is 0 Å². The van der Waals surface area contributed by atoms with Crippen LogP contribution in [0.4, 0.5) is 9.18 Å². The van der Waals surface area contributed by atoms with E-state index in [2.05, 4.69) is 15.9 Å². The molecule has 4 rings (SSSR count). The Labute approximate surface area is 203 Å². The summed E-state index contributed by atoms with van der Waals surface area (Å²) >= 11 is 3.55. The highest BCUT2D eigenvalue weighted by atomic mass is 79.9. The van der Waals surface area contributed by atoms with E-state index < -0.39 is 30.6 Å². The second-order valence-electron chi connectivity index (χ2n) is 7.58. The van der Waals surface area contributed by atoms with Crippen molar-refractivity contribution in [2.45, 2.75) is 19.1 Å². The third kappa shape index (κ3) is 5.55. The predicted octanol–water partition coefficient (Wildman–Crippen LogP) is 5.27. The molecule has 0 bridgehead atoms. The molecule has 0 fully saturated rings. The topological polar surface area (TPSA) is 85.3 Å². The number of aliphatic carboxylic acids is 1. The number of fused-ring (bicyclic) bond motifs is 1. The summed E-state index contributed by atoms with van der Waals surface area (Å²) in [7, 11) is 0. The van der Waals surface area contributed by atoms with Gasteiger partial charge in [0, 0.05) is 16.6 Å². The molecule has 1 aliphatic heterocycles. The SMILES string of the molecule is O=C(O)COc1ccc(F)cc1C1c2cccc(Br)c2CCN1OC(=O)OCc1ccccc1. The van der Waals surface area contributed by atoms with Gasteiger partial charge in [0.25, 0.3) is 0 Å². The molecule has 1 N–H and O–H groups in total. The van der Waals surface area contributed by atoms with E-state index in [4.69, 9.17) is 19.4 Å². The van der Waals surface area contributed by atoms with Gasteiger partial charge in [-0.15, -0.1) is 5.06 Å². The molecule has 1 unspecified atom stereocenters. The molecule has 0 radical (unpaired) electrons. The summed E-state index contributed by atoms with van der Waals surface area (Å²) in [5.41, 5.74) is 2.87. The van der Waals surface area contributed by atoms with Gasteiger partial charge < -0.3 is 19.4 Å². The number of carbonyl (C=O) groups excluding carboxylic acids is 1. The maximum absolute atomic E-state index is 14.3. The first kappa shape index (κ1) is 23.7. The minimum atomic E-state index is -1.17. The number of carboxylic acids is 1. The number of hydrogen-bond acceptors (Lipinski definition) is 6. The number of hydrogen-bond donors (Lipinski definition) is 1. The second kappa shape index (κ2) is 10.7. The third-order valence-corrected chi connectivity index (χ3v) is 6.07. The summed E-state index contributed by atoms with van der Waals surface area (Å²) in [4.78, 5) is 29.2. The van der Waals surface area contributed by atoms with Crippen LogP contribution in [-0.4, -0.2) is 35.4 Å². The molecule has 1 aliphatic rings. The maximum Gasteiger partial charge on any atom is 0.528 e. The van der Waals surface area contributed by atoms with Crippen molar-refractivity contribution in [3.63, 3.8) is 0 Å². The van der Waals surface area contributed by atoms with E-state index in [1.54, 1.807) is 0 Å². The van der Waals surface area contributed by atoms with Crippen LogP contribution in [0.3, 0.4) is 0 Å². The van der Waals surface area contributed by atoms with Crippen LogP contribution in [0.25, 0.3) is 0 Å². The average molecular weight is 530 g/mol. The smallest absolute Gasteiger partial charge is 0.482 e. The van der Waals surface area contributed by atoms with Gasteiger partial charge >= 0.3 is 12.1 Å². The predicted molar refractivity (Wildman–Crippen MR) is 124 cm³/mol. The molecular weight excluding hydrogens is 509 g/mol. The van der Waals surface area contributed by atoms with E-state index in [1.807, 2.05) is 48.5 Å². The highest BCUT2D eigenvalue weighted by molar-refractivity contribution is 9.10. The Morgan fingerprint density at radius 3 is 2.62 bits per heavy atom. The van der Waals surface area contributed by atoms with Crippen LogP contribution in [0.15, 0.2) is 71.2 Å². The fourth-order valence-electron chi connectivity index (χ4n) is 3.87. The van der Waals surface area contributed by atoms with E-state index in [0.29, 0.717) is 18.5 Å². The Kier molecular flexibility index (Phi) is 7.44. The molecule has 3 aromatic carbocycles. The standard InChI is InChI=1S/C25H21BrFNO6/c26-21-8-4-7-19-18(21)11-12-28(34-25(31)33-14-16-5-2-1-3-6-16)24(19)20-13-17(27)9-10-22(20)32-15-23(29)30/h1-10,13,24H,11-12,14-15H2,(H,29,30). The Morgan fingerprint density at radius 2 is 1.85 bits per heavy atom. The molecule has 0 spiro atoms. The monoisotopic (exact) mass is 529 g/mol. The highest BCUT2D eigenvalue weighted by Gasteiger charge is 2.35. The number of ether oxygens (including phenoxy) is 2. The van der Waals surface area contributed by atoms with Crippen molar-refractivity contribution in [2.24, 2.45) is 0 Å². The molecule has 9 heteroatoms. The van der Waals surface area contributed by atoms with Gasteiger partial charge in [-0.25, -0.2) is 14.0 Å². The fraction of sp³-hybridized carbons (Fsp3) is 0.200. The van der Waals surface area contributed by atoms with Crippen molar-refractivity contribution in [3.05, 3.63) is 99.3 Å². The summed E-state index contributed by atoms with van der Waals surface area (Å²) in [6.07, 6.45) is -0.350. The van der Waals surface area contributed by atoms with E-state index >= 15 is 0 Å². The van der Waals surface area contributed by atoms with Crippen LogP contribution in [0.1, 0.15) is 28.3 Å². The van der Waals surface area contributed by atoms with E-state index in [0.717, 1.165) is 21.2 Å². The molecule has 176 valence electrons. The Bertz CT molecular complexity index is 1190. The molecule has 0 aliphatic carbocycles. The van der Waals surface area contributed by atoms with Gasteiger partial charge in [-0.1, -0.05) is 58.4 Å². The van der Waals surface area contributed by atoms with Crippen LogP contribution in [-0.2, 0) is 27.4 Å². The fourth-order valence-corrected chi connectivity index (χ4v) is 4.44. The van der Waals surface area contributed by atoms with Crippen molar-refractivity contribution in [2.75, 3.05) is 13.2 Å². The first-order valence-corrected chi connectivity index (χ1v) is 11.3. The van der Waals surface area contributed by atoms with Crippen molar-refractivity contribution in [1.29, 1.82) is 0 Å². The molecular formula is C25H21BrFNO6. The Hall–Kier alpha value is -3.43. The van der Waals surface area contributed by atoms with Crippen LogP contribution in [0, 0.1) is 5.82 Å². The lowest BCUT2D eigenvalue weighted by molar-refractivity contribution is -0.152. The number of carboxylic acid groups (broad SMARTS) is 1. The summed E-state index contributed by atoms with van der Waals surface area (Å²) < 4.78 is 25.9. The normalized spacial score (nSPS) is 15.3. The van der Waals surface area contributed by atoms with Gasteiger partial charge in [0.2, 0.25) is 0 Å². The van der Waals surface area contributed by atoms with E-state index in [9.17, 15) is 14.0 Å². The summed E-state index contributed by atoms with van der Waals surface area (Å²) in [6, 6.07) is 17.8. The molecule has 34 heavy (non-hydrogen) atoms. The minimum absolute atomic E-state index is 0.0350. The highest BCUT2D eigenvalue weighted by Crippen LogP contribution is 2.41. The first-order chi connectivity index (χ1) is 16.4. The van der Waals surface area contributed by atoms with Gasteiger partial charge in [-0.3, -0.25) is 0 Å². The van der Waals surface area contributed by atoms with Crippen LogP contribution >= 0.6 is 15.9 Å². The lowest BCUT2D eigenvalue weighted by Gasteiger charge is -2.36. The summed E-state index contributed by atoms with van der Waals surface area (Å²) in [5.74, 6) is -1.53. The number of halogens is 2. The van der Waals surface area contributed by atoms with Crippen molar-refractivity contribution >= 4 is 28.1 Å². The third-order valence-electron chi connectivity index (χ3n) is 5.33. The van der Waals surface area contributed by atoms with Crippen LogP contribution < -0.4 is 4.74 Å². The maximum atomic E-state index is 14.3. The van der Waals surface area contributed by atoms with Gasteiger partial charge in [0.1, 0.15) is 24.2 Å². The molecule has 3 aromatic rings. The minimum Gasteiger partial charge on any atom is -0.482 e. The molecule has 0 amide bonds. The number of rotatable bonds is 7. The number of nitrogens with zero attached hydrogens (tertiary/aromatic N) is 1. The van der Waals surface area contributed by atoms with E-state index in [1.165, 1.54) is 23.3 Å². The molecule has 1 atom stereocenters. The average Bonchev–Trinajstić information content (AvgIpc) is 2.82. The second-order valence-corrected chi connectivity index (χ2v) is 8.44. The largest absolute Gasteiger partial charge is 0.528 e. The van der Waals surface area contributed by atoms with E-state index in [-0.39, 0.29) is 12.4 Å². The Morgan fingerprint density at radius 1 is 1.06 bits per heavy atom. The molecule has 0 aromatic heterocycles. The molecule has 1 heterocycles. The zero-order chi connectivity index (χ0) is 24.1. The summed E-state index contributed by atoms with van der Waals surface area (Å²) in [5, 5.41) is 10.5. The molecule has 0 saturated carbocycles. The van der Waals surface area contributed by atoms with Crippen molar-refractivity contribution < 1.29 is 33.4 Å². The number of benzene rings is 3. The van der Waals surface area contributed by atoms with Crippen LogP contribution in [0.5, 0.6) is 5.75 Å². The van der Waals surface area contributed by atoms with Crippen molar-refractivity contribution in [1.82, 2.24) is 5.06 Å². The van der Waals surface area contributed by atoms with Crippen molar-refractivity contribution in [3.8, 4) is 5.75 Å². The van der Waals surface area contributed by atoms with Gasteiger partial charge in [-0.2, -0.15) is 0 Å². The Balaban J connectivity index is 1.65. The molecule has 0 saturated heterocycles. The first-order valence-electron chi connectivity index (χ1n) is 10.5. The van der Waals surface area contributed by atoms with Gasteiger partial charge in [0.15, 0.2) is 6.61 Å². The molecule has 7 nitrogen and oxygen atoms in total. The zero-order valence-corrected chi connectivity index (χ0v) is 19.5. The van der Waals surface area contributed by atoms with Gasteiger partial charge in [-0.05, 0) is 47.4 Å². The summed E-state index contributed by atoms with van der Waals surface area (Å²) in [6.45, 7) is -0.264. The lowest BCUT2D eigenvalue weighted by Crippen LogP contribution is -2.38. The number of hydroxylamine groups is 2.